The molecule has 6 heteroatoms. The van der Waals surface area contributed by atoms with Crippen LogP contribution in [0.3, 0.4) is 0 Å². The van der Waals surface area contributed by atoms with E-state index < -0.39 is 0 Å². The Morgan fingerprint density at radius 3 is 2.37 bits per heavy atom. The largest absolute Gasteiger partial charge is 0.341 e. The molecule has 1 aromatic rings. The third-order valence-electron chi connectivity index (χ3n) is 4.88. The first-order valence-electron chi connectivity index (χ1n) is 9.09. The molecule has 1 unspecified atom stereocenters. The number of benzene rings is 1. The Hall–Kier alpha value is -2.11. The van der Waals surface area contributed by atoms with Gasteiger partial charge in [-0.15, -0.1) is 0 Å². The van der Waals surface area contributed by atoms with Gasteiger partial charge in [0.2, 0.25) is 0 Å². The monoisotopic (exact) mass is 387 g/mol. The summed E-state index contributed by atoms with van der Waals surface area (Å²) >= 11 is 6.42. The molecule has 0 spiro atoms. The molecular formula is C21H30ClN5. The van der Waals surface area contributed by atoms with E-state index in [1.807, 2.05) is 52.1 Å². The molecule has 1 aliphatic rings. The second kappa shape index (κ2) is 8.72. The molecule has 0 radical (unpaired) electrons. The van der Waals surface area contributed by atoms with Crippen molar-refractivity contribution in [3.63, 3.8) is 0 Å². The Morgan fingerprint density at radius 1 is 1.19 bits per heavy atom. The number of likely N-dealkylation sites (N-methyl/N-ethyl adjacent to an activating group) is 1. The Bertz CT molecular complexity index is 811. The third kappa shape index (κ3) is 4.79. The highest BCUT2D eigenvalue weighted by Crippen LogP contribution is 2.30. The van der Waals surface area contributed by atoms with Gasteiger partial charge in [-0.05, 0) is 53.2 Å². The SMILES string of the molecule is CC(C)=N/C=C(\C)C(=Nc1c(C)cccc1Cl)NC1=C(C)N(C)N(C)C1C. The topological polar surface area (TPSA) is 43.2 Å². The summed E-state index contributed by atoms with van der Waals surface area (Å²) in [5.74, 6) is 0.751. The number of rotatable bonds is 4. The zero-order valence-corrected chi connectivity index (χ0v) is 18.3. The van der Waals surface area contributed by atoms with Gasteiger partial charge in [-0.3, -0.25) is 4.99 Å². The number of amidine groups is 1. The van der Waals surface area contributed by atoms with Gasteiger partial charge in [0.05, 0.1) is 22.4 Å². The van der Waals surface area contributed by atoms with E-state index in [-0.39, 0.29) is 6.04 Å². The smallest absolute Gasteiger partial charge is 0.135 e. The first-order valence-corrected chi connectivity index (χ1v) is 9.47. The number of aryl methyl sites for hydroxylation is 1. The zero-order valence-electron chi connectivity index (χ0n) is 17.6. The van der Waals surface area contributed by atoms with Crippen LogP contribution in [0.5, 0.6) is 0 Å². The molecular weight excluding hydrogens is 358 g/mol. The molecule has 1 N–H and O–H groups in total. The number of allylic oxidation sites excluding steroid dienone is 1. The van der Waals surface area contributed by atoms with Crippen LogP contribution in [0.4, 0.5) is 5.69 Å². The van der Waals surface area contributed by atoms with Crippen LogP contribution in [0.1, 0.15) is 40.2 Å². The van der Waals surface area contributed by atoms with Crippen LogP contribution in [-0.4, -0.2) is 41.7 Å². The van der Waals surface area contributed by atoms with Crippen molar-refractivity contribution in [2.24, 2.45) is 9.98 Å². The van der Waals surface area contributed by atoms with Crippen LogP contribution in [0.15, 0.2) is 51.4 Å². The molecule has 1 atom stereocenters. The average Bonchev–Trinajstić information content (AvgIpc) is 2.79. The van der Waals surface area contributed by atoms with Crippen LogP contribution >= 0.6 is 11.6 Å². The molecule has 0 fully saturated rings. The predicted molar refractivity (Wildman–Crippen MR) is 117 cm³/mol. The van der Waals surface area contributed by atoms with Gasteiger partial charge in [-0.2, -0.15) is 0 Å². The quantitative estimate of drug-likeness (QED) is 0.579. The van der Waals surface area contributed by atoms with Crippen molar-refractivity contribution < 1.29 is 0 Å². The molecule has 27 heavy (non-hydrogen) atoms. The summed E-state index contributed by atoms with van der Waals surface area (Å²) in [5.41, 5.74) is 6.03. The molecule has 0 amide bonds. The maximum Gasteiger partial charge on any atom is 0.135 e. The van der Waals surface area contributed by atoms with Crippen LogP contribution in [0, 0.1) is 6.92 Å². The molecule has 0 aromatic heterocycles. The lowest BCUT2D eigenvalue weighted by Gasteiger charge is -2.26. The number of aliphatic imine (C=N–C) groups is 2. The van der Waals surface area contributed by atoms with Crippen molar-refractivity contribution in [3.8, 4) is 0 Å². The first kappa shape index (κ1) is 21.2. The van der Waals surface area contributed by atoms with E-state index in [9.17, 15) is 0 Å². The van der Waals surface area contributed by atoms with Crippen molar-refractivity contribution in [2.45, 2.75) is 47.6 Å². The van der Waals surface area contributed by atoms with Gasteiger partial charge in [-0.25, -0.2) is 10.0 Å². The number of nitrogens with zero attached hydrogens (tertiary/aromatic N) is 4. The maximum absolute atomic E-state index is 6.42. The van der Waals surface area contributed by atoms with Gasteiger partial charge in [0.25, 0.3) is 0 Å². The molecule has 146 valence electrons. The fraction of sp³-hybridized carbons (Fsp3) is 0.429. The number of hydrogen-bond acceptors (Lipinski definition) is 4. The minimum absolute atomic E-state index is 0.219. The highest BCUT2D eigenvalue weighted by molar-refractivity contribution is 6.33. The summed E-state index contributed by atoms with van der Waals surface area (Å²) in [6, 6.07) is 6.03. The van der Waals surface area contributed by atoms with Crippen LogP contribution in [-0.2, 0) is 0 Å². The van der Waals surface area contributed by atoms with E-state index in [4.69, 9.17) is 16.6 Å². The molecule has 1 aliphatic heterocycles. The third-order valence-corrected chi connectivity index (χ3v) is 5.19. The van der Waals surface area contributed by atoms with E-state index in [1.54, 1.807) is 0 Å². The summed E-state index contributed by atoms with van der Waals surface area (Å²) in [5, 5.41) is 8.51. The fourth-order valence-corrected chi connectivity index (χ4v) is 3.12. The Morgan fingerprint density at radius 2 is 1.85 bits per heavy atom. The fourth-order valence-electron chi connectivity index (χ4n) is 2.86. The number of nitrogens with one attached hydrogen (secondary N) is 1. The normalized spacial score (nSPS) is 19.0. The van der Waals surface area contributed by atoms with Gasteiger partial charge in [-0.1, -0.05) is 23.7 Å². The van der Waals surface area contributed by atoms with E-state index in [0.717, 1.165) is 39.8 Å². The molecule has 1 aromatic carbocycles. The molecule has 0 bridgehead atoms. The minimum atomic E-state index is 0.219. The molecule has 2 rings (SSSR count). The Labute approximate surface area is 168 Å². The van der Waals surface area contributed by atoms with E-state index in [1.165, 1.54) is 0 Å². The second-order valence-electron chi connectivity index (χ2n) is 7.15. The maximum atomic E-state index is 6.42. The van der Waals surface area contributed by atoms with E-state index >= 15 is 0 Å². The first-order chi connectivity index (χ1) is 12.6. The van der Waals surface area contributed by atoms with Crippen LogP contribution in [0.25, 0.3) is 0 Å². The van der Waals surface area contributed by atoms with Crippen molar-refractivity contribution in [1.82, 2.24) is 15.3 Å². The standard InChI is InChI=1S/C21H30ClN5/c1-13(2)23-12-15(4)21(24-19-14(3)10-9-11-18(19)22)25-20-16(5)26(7)27(8)17(20)6/h9-12,16H,1-8H3,(H,24,25)/b15-12+. The van der Waals surface area contributed by atoms with Crippen LogP contribution < -0.4 is 5.32 Å². The summed E-state index contributed by atoms with van der Waals surface area (Å²) in [4.78, 5) is 9.32. The molecule has 1 heterocycles. The van der Waals surface area contributed by atoms with E-state index in [2.05, 4.69) is 48.3 Å². The van der Waals surface area contributed by atoms with Crippen molar-refractivity contribution in [2.75, 3.05) is 14.1 Å². The van der Waals surface area contributed by atoms with Gasteiger partial charge in [0.15, 0.2) is 0 Å². The van der Waals surface area contributed by atoms with Gasteiger partial charge in [0, 0.05) is 37.3 Å². The summed E-state index contributed by atoms with van der Waals surface area (Å²) < 4.78 is 0. The van der Waals surface area contributed by atoms with Gasteiger partial charge in [0.1, 0.15) is 5.84 Å². The second-order valence-corrected chi connectivity index (χ2v) is 7.56. The number of hydrazine groups is 1. The zero-order chi connectivity index (χ0) is 20.3. The molecule has 0 aliphatic carbocycles. The highest BCUT2D eigenvalue weighted by atomic mass is 35.5. The predicted octanol–water partition coefficient (Wildman–Crippen LogP) is 5.06. The highest BCUT2D eigenvalue weighted by Gasteiger charge is 2.29. The summed E-state index contributed by atoms with van der Waals surface area (Å²) in [7, 11) is 4.13. The minimum Gasteiger partial charge on any atom is -0.341 e. The van der Waals surface area contributed by atoms with E-state index in [0.29, 0.717) is 5.02 Å². The lowest BCUT2D eigenvalue weighted by atomic mass is 10.1. The molecule has 0 saturated heterocycles. The molecule has 0 saturated carbocycles. The lowest BCUT2D eigenvalue weighted by molar-refractivity contribution is 0.0676. The number of para-hydroxylation sites is 1. The van der Waals surface area contributed by atoms with Crippen LogP contribution in [0.2, 0.25) is 5.02 Å². The number of hydrogen-bond donors (Lipinski definition) is 1. The van der Waals surface area contributed by atoms with Crippen molar-refractivity contribution in [3.05, 3.63) is 52.0 Å². The van der Waals surface area contributed by atoms with Gasteiger partial charge < -0.3 is 10.3 Å². The van der Waals surface area contributed by atoms with Crippen molar-refractivity contribution >= 4 is 28.8 Å². The summed E-state index contributed by atoms with van der Waals surface area (Å²) in [6.45, 7) is 12.2. The van der Waals surface area contributed by atoms with Gasteiger partial charge >= 0.3 is 0 Å². The summed E-state index contributed by atoms with van der Waals surface area (Å²) in [6.07, 6.45) is 1.84. The number of halogens is 1. The van der Waals surface area contributed by atoms with Crippen molar-refractivity contribution in [1.29, 1.82) is 0 Å². The lowest BCUT2D eigenvalue weighted by Crippen LogP contribution is -2.37. The molecule has 5 nitrogen and oxygen atoms in total. The Kier molecular flexibility index (Phi) is 6.84. The average molecular weight is 388 g/mol. The Balaban J connectivity index is 2.53.